The van der Waals surface area contributed by atoms with Gasteiger partial charge in [-0.25, -0.2) is 0 Å². The predicted molar refractivity (Wildman–Crippen MR) is 133 cm³/mol. The summed E-state index contributed by atoms with van der Waals surface area (Å²) >= 11 is 1.58. The van der Waals surface area contributed by atoms with Gasteiger partial charge in [-0.3, -0.25) is 9.59 Å². The molecule has 0 saturated heterocycles. The van der Waals surface area contributed by atoms with Crippen LogP contribution in [-0.2, 0) is 22.4 Å². The highest BCUT2D eigenvalue weighted by Gasteiger charge is 2.18. The van der Waals surface area contributed by atoms with Crippen LogP contribution in [0.3, 0.4) is 0 Å². The van der Waals surface area contributed by atoms with Crippen molar-refractivity contribution in [1.29, 1.82) is 0 Å². The first kappa shape index (κ1) is 24.2. The molecule has 0 aliphatic heterocycles. The minimum absolute atomic E-state index is 0.235. The third kappa shape index (κ3) is 8.21. The molecule has 2 amide bonds. The van der Waals surface area contributed by atoms with Gasteiger partial charge in [-0.15, -0.1) is 11.3 Å². The van der Waals surface area contributed by atoms with Gasteiger partial charge in [0.1, 0.15) is 5.75 Å². The number of rotatable bonds is 11. The van der Waals surface area contributed by atoms with E-state index in [4.69, 9.17) is 10.5 Å². The second-order valence-corrected chi connectivity index (χ2v) is 8.64. The van der Waals surface area contributed by atoms with Gasteiger partial charge in [-0.05, 0) is 54.1 Å². The number of nitrogens with one attached hydrogen (secondary N) is 2. The Morgan fingerprint density at radius 1 is 1.06 bits per heavy atom. The van der Waals surface area contributed by atoms with Crippen LogP contribution in [0.2, 0.25) is 0 Å². The van der Waals surface area contributed by atoms with Crippen LogP contribution >= 0.6 is 11.3 Å². The van der Waals surface area contributed by atoms with Crippen LogP contribution in [0.5, 0.6) is 5.75 Å². The van der Waals surface area contributed by atoms with Crippen molar-refractivity contribution in [2.75, 3.05) is 12.4 Å². The molecule has 33 heavy (non-hydrogen) atoms. The Hall–Kier alpha value is -3.42. The fraction of sp³-hybridized carbons (Fsp3) is 0.231. The molecule has 0 spiro atoms. The lowest BCUT2D eigenvalue weighted by Gasteiger charge is -2.18. The van der Waals surface area contributed by atoms with Crippen molar-refractivity contribution >= 4 is 28.8 Å². The van der Waals surface area contributed by atoms with Crippen molar-refractivity contribution in [2.24, 2.45) is 5.73 Å². The normalized spacial score (nSPS) is 12.8. The maximum atomic E-state index is 12.7. The van der Waals surface area contributed by atoms with Gasteiger partial charge in [0.25, 0.3) is 0 Å². The van der Waals surface area contributed by atoms with E-state index in [1.807, 2.05) is 47.8 Å². The van der Waals surface area contributed by atoms with Crippen LogP contribution in [0.15, 0.2) is 84.3 Å². The molecule has 1 heterocycles. The third-order valence-corrected chi connectivity index (χ3v) is 5.99. The Balaban J connectivity index is 1.61. The number of methoxy groups -OCH3 is 1. The number of carbonyl (C=O) groups is 2. The smallest absolute Gasteiger partial charge is 0.248 e. The van der Waals surface area contributed by atoms with Gasteiger partial charge < -0.3 is 21.1 Å². The lowest BCUT2D eigenvalue weighted by molar-refractivity contribution is -0.122. The summed E-state index contributed by atoms with van der Waals surface area (Å²) in [6, 6.07) is 20.0. The van der Waals surface area contributed by atoms with Crippen LogP contribution in [0.1, 0.15) is 16.9 Å². The van der Waals surface area contributed by atoms with Crippen molar-refractivity contribution in [3.8, 4) is 5.75 Å². The van der Waals surface area contributed by atoms with Crippen LogP contribution in [-0.4, -0.2) is 31.0 Å². The monoisotopic (exact) mass is 463 g/mol. The van der Waals surface area contributed by atoms with Crippen molar-refractivity contribution in [1.82, 2.24) is 5.32 Å². The second kappa shape index (κ2) is 12.6. The van der Waals surface area contributed by atoms with Gasteiger partial charge in [0.15, 0.2) is 0 Å². The number of aryl methyl sites for hydroxylation is 1. The van der Waals surface area contributed by atoms with Gasteiger partial charge in [0.2, 0.25) is 11.8 Å². The van der Waals surface area contributed by atoms with Gasteiger partial charge >= 0.3 is 0 Å². The van der Waals surface area contributed by atoms with Crippen molar-refractivity contribution in [3.05, 3.63) is 94.7 Å². The minimum atomic E-state index is -0.649. The molecule has 0 aliphatic rings. The lowest BCUT2D eigenvalue weighted by Crippen LogP contribution is -2.46. The Labute approximate surface area is 198 Å². The van der Waals surface area contributed by atoms with Gasteiger partial charge in [-0.2, -0.15) is 0 Å². The molecule has 7 heteroatoms. The number of carbonyl (C=O) groups excluding carboxylic acids is 2. The quantitative estimate of drug-likeness (QED) is 0.376. The first-order valence-electron chi connectivity index (χ1n) is 10.8. The average Bonchev–Trinajstić information content (AvgIpc) is 3.35. The van der Waals surface area contributed by atoms with Crippen LogP contribution in [0.4, 0.5) is 5.69 Å². The number of ether oxygens (including phenoxy) is 1. The number of hydrogen-bond donors (Lipinski definition) is 3. The summed E-state index contributed by atoms with van der Waals surface area (Å²) in [6.45, 7) is 0. The lowest BCUT2D eigenvalue weighted by atomic mass is 10.0. The number of anilines is 1. The van der Waals surface area contributed by atoms with Gasteiger partial charge in [0, 0.05) is 29.1 Å². The second-order valence-electron chi connectivity index (χ2n) is 7.61. The Kier molecular flexibility index (Phi) is 9.23. The van der Waals surface area contributed by atoms with Gasteiger partial charge in [-0.1, -0.05) is 42.5 Å². The summed E-state index contributed by atoms with van der Waals surface area (Å²) in [6.07, 6.45) is 5.06. The number of thiophene rings is 1. The third-order valence-electron chi connectivity index (χ3n) is 5.09. The first-order valence-corrected chi connectivity index (χ1v) is 11.7. The van der Waals surface area contributed by atoms with Gasteiger partial charge in [0.05, 0.1) is 13.2 Å². The highest BCUT2D eigenvalue weighted by molar-refractivity contribution is 7.09. The molecule has 1 aromatic heterocycles. The van der Waals surface area contributed by atoms with Crippen LogP contribution < -0.4 is 21.1 Å². The maximum absolute atomic E-state index is 12.7. The molecule has 0 radical (unpaired) electrons. The summed E-state index contributed by atoms with van der Waals surface area (Å²) in [4.78, 5) is 26.2. The molecule has 0 unspecified atom stereocenters. The highest BCUT2D eigenvalue weighted by atomic mass is 32.1. The van der Waals surface area contributed by atoms with E-state index in [0.29, 0.717) is 24.3 Å². The fourth-order valence-corrected chi connectivity index (χ4v) is 4.04. The van der Waals surface area contributed by atoms with Crippen molar-refractivity contribution in [3.63, 3.8) is 0 Å². The van der Waals surface area contributed by atoms with E-state index >= 15 is 0 Å². The van der Waals surface area contributed by atoms with E-state index in [0.717, 1.165) is 16.9 Å². The molecule has 0 saturated carbocycles. The molecule has 6 nitrogen and oxygen atoms in total. The molecule has 4 N–H and O–H groups in total. The number of amides is 2. The summed E-state index contributed by atoms with van der Waals surface area (Å²) < 4.78 is 5.13. The molecule has 0 aliphatic carbocycles. The minimum Gasteiger partial charge on any atom is -0.497 e. The van der Waals surface area contributed by atoms with E-state index in [1.165, 1.54) is 6.08 Å². The summed E-state index contributed by atoms with van der Waals surface area (Å²) in [7, 11) is 1.59. The number of hydrogen-bond acceptors (Lipinski definition) is 5. The molecular weight excluding hydrogens is 434 g/mol. The molecule has 172 valence electrons. The molecule has 2 atom stereocenters. The zero-order valence-corrected chi connectivity index (χ0v) is 19.4. The summed E-state index contributed by atoms with van der Waals surface area (Å²) in [5.74, 6) is 0.204. The van der Waals surface area contributed by atoms with E-state index < -0.39 is 6.04 Å². The zero-order chi connectivity index (χ0) is 23.5. The Morgan fingerprint density at radius 2 is 1.82 bits per heavy atom. The predicted octanol–water partition coefficient (Wildman–Crippen LogP) is 3.94. The van der Waals surface area contributed by atoms with E-state index in [2.05, 4.69) is 10.6 Å². The number of nitrogens with two attached hydrogens (primary N) is 1. The summed E-state index contributed by atoms with van der Waals surface area (Å²) in [5, 5.41) is 7.77. The Bertz CT molecular complexity index is 1030. The molecule has 3 rings (SSSR count). The molecule has 2 aromatic carbocycles. The number of benzene rings is 2. The van der Waals surface area contributed by atoms with E-state index in [-0.39, 0.29) is 17.9 Å². The van der Waals surface area contributed by atoms with E-state index in [9.17, 15) is 9.59 Å². The molecule has 3 aromatic rings. The van der Waals surface area contributed by atoms with Crippen molar-refractivity contribution in [2.45, 2.75) is 31.3 Å². The highest BCUT2D eigenvalue weighted by Crippen LogP contribution is 2.15. The topological polar surface area (TPSA) is 93.5 Å². The maximum Gasteiger partial charge on any atom is 0.248 e. The fourth-order valence-electron chi connectivity index (χ4n) is 3.27. The zero-order valence-electron chi connectivity index (χ0n) is 18.6. The van der Waals surface area contributed by atoms with E-state index in [1.54, 1.807) is 48.8 Å². The first-order chi connectivity index (χ1) is 16.0. The SMILES string of the molecule is COc1ccc(NC(=O)C=C[C@H](CCc2ccccc2)NC(=O)[C@@H](N)Cc2cccs2)cc1. The Morgan fingerprint density at radius 3 is 2.48 bits per heavy atom. The largest absolute Gasteiger partial charge is 0.497 e. The molecule has 0 bridgehead atoms. The van der Waals surface area contributed by atoms with Crippen LogP contribution in [0.25, 0.3) is 0 Å². The molecular formula is C26H29N3O3S. The standard InChI is InChI=1S/C26H29N3O3S/c1-32-22-14-11-20(12-15-22)28-25(30)16-13-21(10-9-19-6-3-2-4-7-19)29-26(31)24(27)18-23-8-5-17-33-23/h2-8,11-17,21,24H,9-10,18,27H2,1H3,(H,28,30)(H,29,31)/t21-,24-/m0/s1. The molecule has 0 fully saturated rings. The summed E-state index contributed by atoms with van der Waals surface area (Å²) in [5.41, 5.74) is 7.95. The van der Waals surface area contributed by atoms with Crippen molar-refractivity contribution < 1.29 is 14.3 Å². The van der Waals surface area contributed by atoms with Crippen LogP contribution in [0, 0.1) is 0 Å². The average molecular weight is 464 g/mol.